The lowest BCUT2D eigenvalue weighted by Gasteiger charge is -2.12. The average molecular weight is 372 g/mol. The number of halogens is 2. The summed E-state index contributed by atoms with van der Waals surface area (Å²) in [4.78, 5) is 4.31. The summed E-state index contributed by atoms with van der Waals surface area (Å²) >= 11 is 6.85. The van der Waals surface area contributed by atoms with Gasteiger partial charge in [0.2, 0.25) is 0 Å². The number of pyridine rings is 1. The van der Waals surface area contributed by atoms with Crippen molar-refractivity contribution in [1.29, 1.82) is 0 Å². The third-order valence-electron chi connectivity index (χ3n) is 2.25. The van der Waals surface area contributed by atoms with E-state index in [2.05, 4.69) is 42.2 Å². The summed E-state index contributed by atoms with van der Waals surface area (Å²) in [5.74, 6) is 1.57. The summed E-state index contributed by atoms with van der Waals surface area (Å²) in [7, 11) is 0. The van der Waals surface area contributed by atoms with E-state index in [1.54, 1.807) is 6.20 Å². The van der Waals surface area contributed by atoms with Crippen LogP contribution in [0.4, 0.5) is 11.5 Å². The molecule has 0 aliphatic heterocycles. The van der Waals surface area contributed by atoms with Gasteiger partial charge in [0, 0.05) is 10.7 Å². The van der Waals surface area contributed by atoms with Crippen molar-refractivity contribution >= 4 is 43.4 Å². The highest BCUT2D eigenvalue weighted by Crippen LogP contribution is 2.31. The number of hydrogen-bond acceptors (Lipinski definition) is 3. The predicted octanol–water partition coefficient (Wildman–Crippen LogP) is 4.75. The van der Waals surface area contributed by atoms with Gasteiger partial charge in [-0.1, -0.05) is 12.1 Å². The van der Waals surface area contributed by atoms with Gasteiger partial charge < -0.3 is 10.1 Å². The van der Waals surface area contributed by atoms with Crippen LogP contribution in [-0.4, -0.2) is 11.6 Å². The minimum Gasteiger partial charge on any atom is -0.492 e. The Morgan fingerprint density at radius 3 is 2.78 bits per heavy atom. The Morgan fingerprint density at radius 2 is 2.06 bits per heavy atom. The molecule has 1 aromatic heterocycles. The van der Waals surface area contributed by atoms with Gasteiger partial charge in [-0.05, 0) is 57.0 Å². The van der Waals surface area contributed by atoms with Gasteiger partial charge in [-0.3, -0.25) is 0 Å². The Kier molecular flexibility index (Phi) is 4.60. The van der Waals surface area contributed by atoms with E-state index in [9.17, 15) is 0 Å². The first-order valence-corrected chi connectivity index (χ1v) is 7.09. The molecule has 0 aliphatic rings. The fourth-order valence-electron chi connectivity index (χ4n) is 1.49. The van der Waals surface area contributed by atoms with Crippen LogP contribution in [0, 0.1) is 0 Å². The number of aromatic nitrogens is 1. The molecule has 0 aliphatic carbocycles. The van der Waals surface area contributed by atoms with Crippen molar-refractivity contribution in [3.05, 3.63) is 45.5 Å². The normalized spacial score (nSPS) is 10.2. The van der Waals surface area contributed by atoms with Gasteiger partial charge in [0.05, 0.1) is 16.8 Å². The average Bonchev–Trinajstić information content (AvgIpc) is 2.35. The summed E-state index contributed by atoms with van der Waals surface area (Å²) < 4.78 is 7.38. The Labute approximate surface area is 123 Å². The Bertz CT molecular complexity index is 546. The number of nitrogens with one attached hydrogen (secondary N) is 1. The van der Waals surface area contributed by atoms with Crippen LogP contribution in [0.25, 0.3) is 0 Å². The third kappa shape index (κ3) is 3.23. The van der Waals surface area contributed by atoms with Gasteiger partial charge in [-0.25, -0.2) is 4.98 Å². The Balaban J connectivity index is 2.28. The second-order valence-electron chi connectivity index (χ2n) is 3.54. The van der Waals surface area contributed by atoms with E-state index in [1.165, 1.54) is 0 Å². The van der Waals surface area contributed by atoms with Crippen molar-refractivity contribution in [3.63, 3.8) is 0 Å². The van der Waals surface area contributed by atoms with Crippen LogP contribution in [0.5, 0.6) is 5.75 Å². The van der Waals surface area contributed by atoms with Gasteiger partial charge in [0.15, 0.2) is 0 Å². The van der Waals surface area contributed by atoms with Gasteiger partial charge in [0.25, 0.3) is 0 Å². The lowest BCUT2D eigenvalue weighted by atomic mass is 10.3. The molecule has 1 N–H and O–H groups in total. The lowest BCUT2D eigenvalue weighted by Crippen LogP contribution is -1.99. The number of para-hydroxylation sites is 2. The topological polar surface area (TPSA) is 34.1 Å². The van der Waals surface area contributed by atoms with E-state index < -0.39 is 0 Å². The van der Waals surface area contributed by atoms with E-state index in [-0.39, 0.29) is 0 Å². The van der Waals surface area contributed by atoms with E-state index >= 15 is 0 Å². The Morgan fingerprint density at radius 1 is 1.28 bits per heavy atom. The monoisotopic (exact) mass is 370 g/mol. The minimum absolute atomic E-state index is 0.633. The molecule has 1 aromatic carbocycles. The van der Waals surface area contributed by atoms with Gasteiger partial charge in [-0.2, -0.15) is 0 Å². The second kappa shape index (κ2) is 6.20. The molecule has 0 fully saturated rings. The van der Waals surface area contributed by atoms with Gasteiger partial charge >= 0.3 is 0 Å². The third-order valence-corrected chi connectivity index (χ3v) is 3.29. The Hall–Kier alpha value is -1.07. The molecule has 18 heavy (non-hydrogen) atoms. The smallest absolute Gasteiger partial charge is 0.144 e. The number of hydrogen-bond donors (Lipinski definition) is 1. The lowest BCUT2D eigenvalue weighted by molar-refractivity contribution is 0.342. The zero-order valence-corrected chi connectivity index (χ0v) is 13.0. The molecular formula is C13H12Br2N2O. The molecule has 0 atom stereocenters. The number of benzene rings is 1. The SMILES string of the molecule is CCOc1ccccc1Nc1ncc(Br)cc1Br. The molecule has 2 rings (SSSR count). The summed E-state index contributed by atoms with van der Waals surface area (Å²) in [6, 6.07) is 9.73. The van der Waals surface area contributed by atoms with E-state index in [0.29, 0.717) is 6.61 Å². The molecule has 1 heterocycles. The predicted molar refractivity (Wildman–Crippen MR) is 80.5 cm³/mol. The highest BCUT2D eigenvalue weighted by atomic mass is 79.9. The first-order valence-electron chi connectivity index (χ1n) is 5.50. The highest BCUT2D eigenvalue weighted by molar-refractivity contribution is 9.11. The molecule has 0 saturated carbocycles. The summed E-state index contributed by atoms with van der Waals surface area (Å²) in [6.07, 6.45) is 1.75. The number of anilines is 2. The summed E-state index contributed by atoms with van der Waals surface area (Å²) in [6.45, 7) is 2.60. The van der Waals surface area contributed by atoms with Crippen molar-refractivity contribution in [3.8, 4) is 5.75 Å². The maximum absolute atomic E-state index is 5.56. The van der Waals surface area contributed by atoms with Crippen LogP contribution < -0.4 is 10.1 Å². The molecule has 3 nitrogen and oxygen atoms in total. The van der Waals surface area contributed by atoms with Crippen LogP contribution in [-0.2, 0) is 0 Å². The molecule has 0 radical (unpaired) electrons. The van der Waals surface area contributed by atoms with Crippen molar-refractivity contribution in [2.45, 2.75) is 6.92 Å². The zero-order valence-electron chi connectivity index (χ0n) is 9.78. The molecule has 0 amide bonds. The van der Waals surface area contributed by atoms with Crippen LogP contribution in [0.1, 0.15) is 6.92 Å². The molecule has 94 valence electrons. The van der Waals surface area contributed by atoms with Crippen LogP contribution in [0.15, 0.2) is 45.5 Å². The van der Waals surface area contributed by atoms with Crippen molar-refractivity contribution in [2.24, 2.45) is 0 Å². The van der Waals surface area contributed by atoms with Gasteiger partial charge in [0.1, 0.15) is 11.6 Å². The highest BCUT2D eigenvalue weighted by Gasteiger charge is 2.06. The standard InChI is InChI=1S/C13H12Br2N2O/c1-2-18-12-6-4-3-5-11(12)17-13-10(15)7-9(14)8-16-13/h3-8H,2H2,1H3,(H,16,17). The maximum Gasteiger partial charge on any atom is 0.144 e. The number of ether oxygens (including phenoxy) is 1. The second-order valence-corrected chi connectivity index (χ2v) is 5.31. The molecule has 0 spiro atoms. The molecule has 0 bridgehead atoms. The van der Waals surface area contributed by atoms with Crippen LogP contribution >= 0.6 is 31.9 Å². The van der Waals surface area contributed by atoms with Crippen molar-refractivity contribution < 1.29 is 4.74 Å². The summed E-state index contributed by atoms with van der Waals surface area (Å²) in [5, 5.41) is 3.25. The first-order chi connectivity index (χ1) is 8.70. The van der Waals surface area contributed by atoms with E-state index in [4.69, 9.17) is 4.74 Å². The summed E-state index contributed by atoms with van der Waals surface area (Å²) in [5.41, 5.74) is 0.898. The molecular weight excluding hydrogens is 360 g/mol. The molecule has 0 saturated heterocycles. The minimum atomic E-state index is 0.633. The van der Waals surface area contributed by atoms with E-state index in [0.717, 1.165) is 26.2 Å². The largest absolute Gasteiger partial charge is 0.492 e. The van der Waals surface area contributed by atoms with Crippen LogP contribution in [0.2, 0.25) is 0 Å². The number of rotatable bonds is 4. The van der Waals surface area contributed by atoms with Crippen molar-refractivity contribution in [2.75, 3.05) is 11.9 Å². The maximum atomic E-state index is 5.56. The number of nitrogens with zero attached hydrogens (tertiary/aromatic N) is 1. The quantitative estimate of drug-likeness (QED) is 0.842. The van der Waals surface area contributed by atoms with Crippen molar-refractivity contribution in [1.82, 2.24) is 4.98 Å². The first kappa shape index (κ1) is 13.4. The van der Waals surface area contributed by atoms with Crippen LogP contribution in [0.3, 0.4) is 0 Å². The van der Waals surface area contributed by atoms with Gasteiger partial charge in [-0.15, -0.1) is 0 Å². The molecule has 2 aromatic rings. The zero-order chi connectivity index (χ0) is 13.0. The fraction of sp³-hybridized carbons (Fsp3) is 0.154. The fourth-order valence-corrected chi connectivity index (χ4v) is 2.57. The molecule has 0 unspecified atom stereocenters. The van der Waals surface area contributed by atoms with E-state index in [1.807, 2.05) is 37.3 Å². The molecule has 5 heteroatoms.